The fourth-order valence-electron chi connectivity index (χ4n) is 2.31. The van der Waals surface area contributed by atoms with Crippen LogP contribution in [0.15, 0.2) is 36.7 Å². The molecule has 23 heavy (non-hydrogen) atoms. The van der Waals surface area contributed by atoms with Gasteiger partial charge in [0, 0.05) is 35.0 Å². The van der Waals surface area contributed by atoms with Gasteiger partial charge in [0.2, 0.25) is 0 Å². The highest BCUT2D eigenvalue weighted by Crippen LogP contribution is 2.34. The molecule has 0 aliphatic rings. The van der Waals surface area contributed by atoms with Gasteiger partial charge in [0.25, 0.3) is 0 Å². The van der Waals surface area contributed by atoms with E-state index in [9.17, 15) is 5.26 Å². The molecule has 0 unspecified atom stereocenters. The first kappa shape index (κ1) is 15.3. The molecule has 2 heterocycles. The Labute approximate surface area is 142 Å². The molecule has 114 valence electrons. The van der Waals surface area contributed by atoms with Crippen molar-refractivity contribution in [3.05, 3.63) is 52.3 Å². The predicted molar refractivity (Wildman–Crippen MR) is 91.0 cm³/mol. The van der Waals surface area contributed by atoms with Crippen molar-refractivity contribution in [3.8, 4) is 28.5 Å². The number of pyridine rings is 1. The molecule has 2 aromatic heterocycles. The van der Waals surface area contributed by atoms with Crippen molar-refractivity contribution in [2.45, 2.75) is 0 Å². The second-order valence-electron chi connectivity index (χ2n) is 4.95. The van der Waals surface area contributed by atoms with Gasteiger partial charge in [0.15, 0.2) is 0 Å². The third-order valence-corrected chi connectivity index (χ3v) is 3.93. The van der Waals surface area contributed by atoms with E-state index in [1.165, 1.54) is 0 Å². The van der Waals surface area contributed by atoms with Crippen LogP contribution in [0.25, 0.3) is 22.4 Å². The standard InChI is InChI=1S/C16H11Cl2N5/c1-23-8-9(7-21-23)12-5-15(22-16(20)13(12)6-19)11-3-2-10(17)4-14(11)18/h2-5,7-8H,1H3,(H2,20,22). The van der Waals surface area contributed by atoms with Crippen LogP contribution in [-0.4, -0.2) is 14.8 Å². The number of hydrogen-bond acceptors (Lipinski definition) is 4. The summed E-state index contributed by atoms with van der Waals surface area (Å²) < 4.78 is 1.65. The molecule has 0 aliphatic heterocycles. The van der Waals surface area contributed by atoms with E-state index >= 15 is 0 Å². The van der Waals surface area contributed by atoms with Gasteiger partial charge in [-0.2, -0.15) is 10.4 Å². The number of rotatable bonds is 2. The topological polar surface area (TPSA) is 80.5 Å². The second-order valence-corrected chi connectivity index (χ2v) is 5.80. The maximum absolute atomic E-state index is 9.38. The summed E-state index contributed by atoms with van der Waals surface area (Å²) in [7, 11) is 1.80. The smallest absolute Gasteiger partial charge is 0.142 e. The normalized spacial score (nSPS) is 10.5. The number of halogens is 2. The van der Waals surface area contributed by atoms with Crippen LogP contribution >= 0.6 is 23.2 Å². The minimum atomic E-state index is 0.148. The van der Waals surface area contributed by atoms with Crippen LogP contribution in [0, 0.1) is 11.3 Å². The molecule has 0 amide bonds. The average molecular weight is 344 g/mol. The van der Waals surface area contributed by atoms with Gasteiger partial charge in [0.1, 0.15) is 17.5 Å². The lowest BCUT2D eigenvalue weighted by Gasteiger charge is -2.10. The number of aryl methyl sites for hydroxylation is 1. The highest BCUT2D eigenvalue weighted by atomic mass is 35.5. The van der Waals surface area contributed by atoms with Crippen LogP contribution in [0.3, 0.4) is 0 Å². The Kier molecular flexibility index (Phi) is 3.95. The van der Waals surface area contributed by atoms with Crippen molar-refractivity contribution in [3.63, 3.8) is 0 Å². The minimum Gasteiger partial charge on any atom is -0.383 e. The molecular weight excluding hydrogens is 333 g/mol. The first-order valence-electron chi connectivity index (χ1n) is 6.64. The summed E-state index contributed by atoms with van der Waals surface area (Å²) in [4.78, 5) is 4.30. The van der Waals surface area contributed by atoms with E-state index in [2.05, 4.69) is 16.2 Å². The Morgan fingerprint density at radius 3 is 2.61 bits per heavy atom. The van der Waals surface area contributed by atoms with E-state index in [4.69, 9.17) is 28.9 Å². The van der Waals surface area contributed by atoms with E-state index in [0.29, 0.717) is 32.4 Å². The molecule has 0 spiro atoms. The second kappa shape index (κ2) is 5.92. The van der Waals surface area contributed by atoms with E-state index in [-0.39, 0.29) is 5.82 Å². The van der Waals surface area contributed by atoms with Crippen molar-refractivity contribution in [2.24, 2.45) is 7.05 Å². The fraction of sp³-hybridized carbons (Fsp3) is 0.0625. The van der Waals surface area contributed by atoms with Gasteiger partial charge in [0.05, 0.1) is 16.9 Å². The first-order chi connectivity index (χ1) is 11.0. The molecule has 0 bridgehead atoms. The number of aromatic nitrogens is 3. The van der Waals surface area contributed by atoms with Crippen molar-refractivity contribution < 1.29 is 0 Å². The van der Waals surface area contributed by atoms with Crippen LogP contribution in [0.4, 0.5) is 5.82 Å². The van der Waals surface area contributed by atoms with Crippen LogP contribution < -0.4 is 5.73 Å². The maximum atomic E-state index is 9.38. The lowest BCUT2D eigenvalue weighted by molar-refractivity contribution is 0.768. The highest BCUT2D eigenvalue weighted by Gasteiger charge is 2.16. The number of benzene rings is 1. The third kappa shape index (κ3) is 2.87. The van der Waals surface area contributed by atoms with Crippen molar-refractivity contribution >= 4 is 29.0 Å². The van der Waals surface area contributed by atoms with Gasteiger partial charge in [-0.05, 0) is 24.3 Å². The van der Waals surface area contributed by atoms with Crippen LogP contribution in [0.5, 0.6) is 0 Å². The van der Waals surface area contributed by atoms with Crippen molar-refractivity contribution in [1.82, 2.24) is 14.8 Å². The Balaban J connectivity index is 2.24. The highest BCUT2D eigenvalue weighted by molar-refractivity contribution is 6.36. The number of anilines is 1. The summed E-state index contributed by atoms with van der Waals surface area (Å²) in [6.07, 6.45) is 3.48. The van der Waals surface area contributed by atoms with Crippen LogP contribution in [0.2, 0.25) is 10.0 Å². The van der Waals surface area contributed by atoms with Crippen molar-refractivity contribution in [1.29, 1.82) is 5.26 Å². The number of hydrogen-bond donors (Lipinski definition) is 1. The molecule has 0 fully saturated rings. The number of nitriles is 1. The zero-order valence-corrected chi connectivity index (χ0v) is 13.6. The van der Waals surface area contributed by atoms with Crippen LogP contribution in [0.1, 0.15) is 5.56 Å². The Hall–Kier alpha value is -2.55. The molecule has 0 atom stereocenters. The lowest BCUT2D eigenvalue weighted by atomic mass is 10.0. The summed E-state index contributed by atoms with van der Waals surface area (Å²) in [5.74, 6) is 0.148. The summed E-state index contributed by atoms with van der Waals surface area (Å²) in [6, 6.07) is 9.01. The Morgan fingerprint density at radius 2 is 2.00 bits per heavy atom. The zero-order chi connectivity index (χ0) is 16.6. The molecule has 0 radical (unpaired) electrons. The quantitative estimate of drug-likeness (QED) is 0.764. The number of nitrogens with zero attached hydrogens (tertiary/aromatic N) is 4. The molecule has 7 heteroatoms. The van der Waals surface area contributed by atoms with Crippen molar-refractivity contribution in [2.75, 3.05) is 5.73 Å². The van der Waals surface area contributed by atoms with Gasteiger partial charge in [-0.1, -0.05) is 23.2 Å². The maximum Gasteiger partial charge on any atom is 0.142 e. The predicted octanol–water partition coefficient (Wildman–Crippen LogP) is 3.91. The van der Waals surface area contributed by atoms with Gasteiger partial charge >= 0.3 is 0 Å². The number of nitrogens with two attached hydrogens (primary N) is 1. The molecule has 5 nitrogen and oxygen atoms in total. The summed E-state index contributed by atoms with van der Waals surface area (Å²) in [6.45, 7) is 0. The van der Waals surface area contributed by atoms with Gasteiger partial charge in [-0.25, -0.2) is 4.98 Å². The Bertz CT molecular complexity index is 940. The van der Waals surface area contributed by atoms with Gasteiger partial charge in [-0.15, -0.1) is 0 Å². The van der Waals surface area contributed by atoms with Gasteiger partial charge in [-0.3, -0.25) is 4.68 Å². The van der Waals surface area contributed by atoms with E-state index < -0.39 is 0 Å². The third-order valence-electron chi connectivity index (χ3n) is 3.38. The molecule has 0 saturated carbocycles. The van der Waals surface area contributed by atoms with E-state index in [1.54, 1.807) is 42.2 Å². The average Bonchev–Trinajstić information content (AvgIpc) is 2.93. The summed E-state index contributed by atoms with van der Waals surface area (Å²) in [5, 5.41) is 14.5. The molecular formula is C16H11Cl2N5. The van der Waals surface area contributed by atoms with E-state index in [1.807, 2.05) is 6.20 Å². The van der Waals surface area contributed by atoms with E-state index in [0.717, 1.165) is 5.56 Å². The minimum absolute atomic E-state index is 0.148. The monoisotopic (exact) mass is 343 g/mol. The molecule has 0 aliphatic carbocycles. The summed E-state index contributed by atoms with van der Waals surface area (Å²) in [5.41, 5.74) is 8.98. The molecule has 2 N–H and O–H groups in total. The molecule has 0 saturated heterocycles. The molecule has 1 aromatic carbocycles. The van der Waals surface area contributed by atoms with Crippen LogP contribution in [-0.2, 0) is 7.05 Å². The van der Waals surface area contributed by atoms with Gasteiger partial charge < -0.3 is 5.73 Å². The fourth-order valence-corrected chi connectivity index (χ4v) is 2.81. The molecule has 3 aromatic rings. The lowest BCUT2D eigenvalue weighted by Crippen LogP contribution is -1.99. The number of nitrogen functional groups attached to an aromatic ring is 1. The zero-order valence-electron chi connectivity index (χ0n) is 12.1. The first-order valence-corrected chi connectivity index (χ1v) is 7.40. The largest absolute Gasteiger partial charge is 0.383 e. The Morgan fingerprint density at radius 1 is 1.22 bits per heavy atom. The molecule has 3 rings (SSSR count). The SMILES string of the molecule is Cn1cc(-c2cc(-c3ccc(Cl)cc3Cl)nc(N)c2C#N)cn1. The summed E-state index contributed by atoms with van der Waals surface area (Å²) >= 11 is 12.2.